The number of anilines is 1. The lowest BCUT2D eigenvalue weighted by atomic mass is 9.89. The molecule has 0 aromatic heterocycles. The van der Waals surface area contributed by atoms with Crippen molar-refractivity contribution in [1.29, 1.82) is 0 Å². The summed E-state index contributed by atoms with van der Waals surface area (Å²) in [4.78, 5) is 26.2. The number of likely N-dealkylation sites (tertiary alicyclic amines) is 1. The van der Waals surface area contributed by atoms with Crippen molar-refractivity contribution in [1.82, 2.24) is 10.2 Å². The van der Waals surface area contributed by atoms with Crippen molar-refractivity contribution in [3.8, 4) is 0 Å². The Hall–Kier alpha value is -1.56. The standard InChI is InChI=1S/C19H23F3IN3O3/c20-19(21,22)12-6-11(9-23)7-13(8-12)25-15-2-1-5-26(17(15)27)16-10-24-4-3-14(16)18(28)29/h6-8,14-16,24-25H,1-5,9-10H2,(H,28,29)/t14-,15+,16-/m0/s1. The quantitative estimate of drug-likeness (QED) is 0.407. The molecule has 0 spiro atoms. The van der Waals surface area contributed by atoms with Gasteiger partial charge in [-0.3, -0.25) is 9.59 Å². The van der Waals surface area contributed by atoms with E-state index in [1.807, 2.05) is 22.6 Å². The molecule has 29 heavy (non-hydrogen) atoms. The summed E-state index contributed by atoms with van der Waals surface area (Å²) in [7, 11) is 0. The highest BCUT2D eigenvalue weighted by Crippen LogP contribution is 2.33. The fraction of sp³-hybridized carbons (Fsp3) is 0.579. The maximum Gasteiger partial charge on any atom is 0.416 e. The summed E-state index contributed by atoms with van der Waals surface area (Å²) in [5.41, 5.74) is 0.0189. The van der Waals surface area contributed by atoms with E-state index >= 15 is 0 Å². The molecule has 0 unspecified atom stereocenters. The molecule has 6 nitrogen and oxygen atoms in total. The van der Waals surface area contributed by atoms with Gasteiger partial charge in [-0.25, -0.2) is 0 Å². The highest BCUT2D eigenvalue weighted by molar-refractivity contribution is 14.1. The van der Waals surface area contributed by atoms with Crippen LogP contribution in [-0.4, -0.2) is 53.6 Å². The zero-order valence-electron chi connectivity index (χ0n) is 15.6. The monoisotopic (exact) mass is 525 g/mol. The Labute approximate surface area is 180 Å². The highest BCUT2D eigenvalue weighted by atomic mass is 127. The summed E-state index contributed by atoms with van der Waals surface area (Å²) in [5, 5.41) is 15.6. The van der Waals surface area contributed by atoms with E-state index in [1.165, 1.54) is 0 Å². The third-order valence-corrected chi connectivity index (χ3v) is 6.34. The zero-order valence-corrected chi connectivity index (χ0v) is 17.8. The number of carbonyl (C=O) groups excluding carboxylic acids is 1. The van der Waals surface area contributed by atoms with Crippen LogP contribution in [0.4, 0.5) is 18.9 Å². The molecule has 0 radical (unpaired) electrons. The van der Waals surface area contributed by atoms with E-state index in [0.717, 1.165) is 12.1 Å². The minimum atomic E-state index is -4.47. The molecule has 0 aliphatic carbocycles. The minimum absolute atomic E-state index is 0.253. The van der Waals surface area contributed by atoms with E-state index in [1.54, 1.807) is 11.0 Å². The number of aliphatic carboxylic acids is 1. The van der Waals surface area contributed by atoms with Gasteiger partial charge in [0.2, 0.25) is 5.91 Å². The summed E-state index contributed by atoms with van der Waals surface area (Å²) >= 11 is 2.00. The van der Waals surface area contributed by atoms with Crippen molar-refractivity contribution >= 4 is 40.2 Å². The van der Waals surface area contributed by atoms with Gasteiger partial charge in [0, 0.05) is 23.2 Å². The molecule has 2 heterocycles. The summed E-state index contributed by atoms with van der Waals surface area (Å²) in [6, 6.07) is 2.62. The lowest BCUT2D eigenvalue weighted by Gasteiger charge is -2.42. The Morgan fingerprint density at radius 1 is 1.31 bits per heavy atom. The number of benzene rings is 1. The van der Waals surface area contributed by atoms with Gasteiger partial charge in [-0.1, -0.05) is 22.6 Å². The summed E-state index contributed by atoms with van der Waals surface area (Å²) in [5.74, 6) is -1.83. The number of piperidine rings is 2. The molecular formula is C19H23F3IN3O3. The number of nitrogens with one attached hydrogen (secondary N) is 2. The molecule has 1 aromatic carbocycles. The van der Waals surface area contributed by atoms with E-state index < -0.39 is 35.7 Å². The number of halogens is 4. The van der Waals surface area contributed by atoms with Crippen LogP contribution in [0.15, 0.2) is 18.2 Å². The second-order valence-corrected chi connectivity index (χ2v) is 8.19. The number of alkyl halides is 4. The van der Waals surface area contributed by atoms with Crippen LogP contribution in [0.2, 0.25) is 0 Å². The topological polar surface area (TPSA) is 81.7 Å². The van der Waals surface area contributed by atoms with Gasteiger partial charge in [0.1, 0.15) is 6.04 Å². The second-order valence-electron chi connectivity index (χ2n) is 7.43. The second kappa shape index (κ2) is 9.07. The Morgan fingerprint density at radius 2 is 2.07 bits per heavy atom. The van der Waals surface area contributed by atoms with Crippen molar-refractivity contribution < 1.29 is 27.9 Å². The zero-order chi connectivity index (χ0) is 21.2. The van der Waals surface area contributed by atoms with E-state index in [4.69, 9.17) is 0 Å². The van der Waals surface area contributed by atoms with Gasteiger partial charge >= 0.3 is 12.1 Å². The molecule has 3 rings (SSSR count). The van der Waals surface area contributed by atoms with Crippen molar-refractivity contribution in [3.63, 3.8) is 0 Å². The number of amides is 1. The molecule has 2 fully saturated rings. The van der Waals surface area contributed by atoms with Gasteiger partial charge in [-0.2, -0.15) is 13.2 Å². The van der Waals surface area contributed by atoms with Gasteiger partial charge in [-0.15, -0.1) is 0 Å². The third-order valence-electron chi connectivity index (χ3n) is 5.46. The molecule has 10 heteroatoms. The fourth-order valence-corrected chi connectivity index (χ4v) is 4.48. The normalized spacial score (nSPS) is 25.7. The molecule has 1 aromatic rings. The molecule has 2 aliphatic rings. The number of carboxylic acids is 1. The molecule has 2 saturated heterocycles. The molecular weight excluding hydrogens is 502 g/mol. The van der Waals surface area contributed by atoms with E-state index in [0.29, 0.717) is 48.9 Å². The molecule has 3 atom stereocenters. The lowest BCUT2D eigenvalue weighted by Crippen LogP contribution is -2.60. The van der Waals surface area contributed by atoms with Crippen LogP contribution in [0.25, 0.3) is 0 Å². The first-order valence-corrected chi connectivity index (χ1v) is 11.0. The Balaban J connectivity index is 1.80. The van der Waals surface area contributed by atoms with Crippen LogP contribution in [0.5, 0.6) is 0 Å². The molecule has 3 N–H and O–H groups in total. The van der Waals surface area contributed by atoms with Crippen LogP contribution < -0.4 is 10.6 Å². The minimum Gasteiger partial charge on any atom is -0.481 e. The van der Waals surface area contributed by atoms with Gasteiger partial charge in [0.05, 0.1) is 17.5 Å². The first kappa shape index (κ1) is 22.1. The van der Waals surface area contributed by atoms with Crippen LogP contribution in [0.3, 0.4) is 0 Å². The lowest BCUT2D eigenvalue weighted by molar-refractivity contribution is -0.149. The van der Waals surface area contributed by atoms with Crippen LogP contribution in [-0.2, 0) is 20.2 Å². The van der Waals surface area contributed by atoms with Crippen molar-refractivity contribution in [3.05, 3.63) is 29.3 Å². The van der Waals surface area contributed by atoms with Crippen molar-refractivity contribution in [2.24, 2.45) is 5.92 Å². The molecule has 0 bridgehead atoms. The molecule has 1 amide bonds. The SMILES string of the molecule is O=C(O)[C@H]1CCNC[C@@H]1N1CCC[C@@H](Nc2cc(CI)cc(C(F)(F)F)c2)C1=O. The van der Waals surface area contributed by atoms with Crippen molar-refractivity contribution in [2.45, 2.75) is 41.9 Å². The van der Waals surface area contributed by atoms with Gasteiger partial charge in [0.25, 0.3) is 0 Å². The van der Waals surface area contributed by atoms with Gasteiger partial charge < -0.3 is 20.6 Å². The van der Waals surface area contributed by atoms with Gasteiger partial charge in [-0.05, 0) is 49.6 Å². The average molecular weight is 525 g/mol. The van der Waals surface area contributed by atoms with Crippen LogP contribution in [0.1, 0.15) is 30.4 Å². The maximum absolute atomic E-state index is 13.2. The number of rotatable bonds is 5. The maximum atomic E-state index is 13.2. The molecule has 2 aliphatic heterocycles. The summed E-state index contributed by atoms with van der Waals surface area (Å²) < 4.78 is 40.0. The molecule has 0 saturated carbocycles. The van der Waals surface area contributed by atoms with Crippen LogP contribution >= 0.6 is 22.6 Å². The van der Waals surface area contributed by atoms with E-state index in [2.05, 4.69) is 10.6 Å². The first-order valence-electron chi connectivity index (χ1n) is 9.48. The number of carbonyl (C=O) groups is 2. The summed E-state index contributed by atoms with van der Waals surface area (Å²) in [6.45, 7) is 1.44. The Morgan fingerprint density at radius 3 is 2.72 bits per heavy atom. The van der Waals surface area contributed by atoms with Crippen LogP contribution in [0, 0.1) is 5.92 Å². The Kier molecular flexibility index (Phi) is 6.92. The number of hydrogen-bond donors (Lipinski definition) is 3. The predicted molar refractivity (Wildman–Crippen MR) is 110 cm³/mol. The molecule has 160 valence electrons. The third kappa shape index (κ3) is 5.14. The van der Waals surface area contributed by atoms with Crippen molar-refractivity contribution in [2.75, 3.05) is 25.0 Å². The van der Waals surface area contributed by atoms with Gasteiger partial charge in [0.15, 0.2) is 0 Å². The number of nitrogens with zero attached hydrogens (tertiary/aromatic N) is 1. The fourth-order valence-electron chi connectivity index (χ4n) is 4.04. The first-order chi connectivity index (χ1) is 13.7. The number of hydrogen-bond acceptors (Lipinski definition) is 4. The van der Waals surface area contributed by atoms with E-state index in [-0.39, 0.29) is 11.6 Å². The average Bonchev–Trinajstić information content (AvgIpc) is 2.68. The number of carboxylic acid groups (broad SMARTS) is 1. The predicted octanol–water partition coefficient (Wildman–Crippen LogP) is 3.11. The Bertz CT molecular complexity index is 775. The van der Waals surface area contributed by atoms with E-state index in [9.17, 15) is 27.9 Å². The highest BCUT2D eigenvalue weighted by Gasteiger charge is 2.41. The largest absolute Gasteiger partial charge is 0.481 e. The smallest absolute Gasteiger partial charge is 0.416 e. The summed E-state index contributed by atoms with van der Waals surface area (Å²) in [6.07, 6.45) is -2.88.